The molecule has 2 fully saturated rings. The summed E-state index contributed by atoms with van der Waals surface area (Å²) in [6, 6.07) is 15.0. The summed E-state index contributed by atoms with van der Waals surface area (Å²) in [6.45, 7) is 0.829. The van der Waals surface area contributed by atoms with Gasteiger partial charge in [-0.15, -0.1) is 5.10 Å². The van der Waals surface area contributed by atoms with Crippen LogP contribution in [0.3, 0.4) is 0 Å². The number of aromatic nitrogens is 5. The number of halogens is 2. The Kier molecular flexibility index (Phi) is 8.29. The second-order valence-corrected chi connectivity index (χ2v) is 11.6. The molecule has 0 aliphatic carbocycles. The highest BCUT2D eigenvalue weighted by atomic mass is 35.5. The number of aliphatic hydroxyl groups is 1. The van der Waals surface area contributed by atoms with Crippen LogP contribution < -0.4 is 5.56 Å². The molecular weight excluding hydrogens is 593 g/mol. The van der Waals surface area contributed by atoms with E-state index in [4.69, 9.17) is 23.2 Å². The Bertz CT molecular complexity index is 1700. The van der Waals surface area contributed by atoms with Crippen molar-refractivity contribution in [1.29, 1.82) is 0 Å². The maximum atomic E-state index is 14.0. The Labute approximate surface area is 257 Å². The fraction of sp³-hybridized carbons (Fsp3) is 0.333. The molecule has 2 aliphatic heterocycles. The van der Waals surface area contributed by atoms with Crippen LogP contribution in [0.15, 0.2) is 71.9 Å². The fourth-order valence-corrected chi connectivity index (χ4v) is 6.22. The van der Waals surface area contributed by atoms with E-state index in [2.05, 4.69) is 15.3 Å². The smallest absolute Gasteiger partial charge is 0.254 e. The van der Waals surface area contributed by atoms with E-state index in [0.29, 0.717) is 67.2 Å². The van der Waals surface area contributed by atoms with Gasteiger partial charge in [-0.25, -0.2) is 9.67 Å². The van der Waals surface area contributed by atoms with Gasteiger partial charge in [-0.2, -0.15) is 0 Å². The van der Waals surface area contributed by atoms with Crippen molar-refractivity contribution in [2.75, 3.05) is 13.1 Å². The maximum absolute atomic E-state index is 14.0. The average molecular weight is 623 g/mol. The summed E-state index contributed by atoms with van der Waals surface area (Å²) >= 11 is 12.3. The summed E-state index contributed by atoms with van der Waals surface area (Å²) in [5.74, 6) is -0.250. The molecule has 222 valence electrons. The lowest BCUT2D eigenvalue weighted by Gasteiger charge is -2.39. The predicted octanol–water partition coefficient (Wildman–Crippen LogP) is 3.51. The van der Waals surface area contributed by atoms with Gasteiger partial charge in [0.15, 0.2) is 5.15 Å². The third-order valence-corrected chi connectivity index (χ3v) is 8.48. The lowest BCUT2D eigenvalue weighted by molar-refractivity contribution is -0.141. The van der Waals surface area contributed by atoms with Crippen molar-refractivity contribution in [1.82, 2.24) is 34.3 Å². The van der Waals surface area contributed by atoms with Gasteiger partial charge in [-0.3, -0.25) is 19.0 Å². The van der Waals surface area contributed by atoms with Crippen molar-refractivity contribution >= 4 is 35.0 Å². The molecule has 2 aromatic carbocycles. The molecule has 0 radical (unpaired) electrons. The molecule has 13 heteroatoms. The first-order chi connectivity index (χ1) is 20.8. The molecule has 0 saturated carbocycles. The van der Waals surface area contributed by atoms with Crippen molar-refractivity contribution in [2.45, 2.75) is 50.4 Å². The first kappa shape index (κ1) is 29.0. The Hall–Kier alpha value is -4.06. The lowest BCUT2D eigenvalue weighted by atomic mass is 10.00. The number of hydrogen-bond donors (Lipinski definition) is 1. The Morgan fingerprint density at radius 1 is 1.02 bits per heavy atom. The molecule has 6 rings (SSSR count). The maximum Gasteiger partial charge on any atom is 0.254 e. The quantitative estimate of drug-likeness (QED) is 0.334. The molecule has 0 bridgehead atoms. The molecule has 2 saturated heterocycles. The zero-order valence-corrected chi connectivity index (χ0v) is 24.6. The SMILES string of the molecule is O=C([C@H](Cc1ccccc1)n1cnc(-c2cc(Cl)ccc2-n2cc(Cl)nn2)cc1=O)N1CCC(N2C(=O)CCC2O)CC1. The summed E-state index contributed by atoms with van der Waals surface area (Å²) in [4.78, 5) is 47.9. The van der Waals surface area contributed by atoms with E-state index >= 15 is 0 Å². The van der Waals surface area contributed by atoms with Crippen molar-refractivity contribution in [2.24, 2.45) is 0 Å². The molecule has 4 heterocycles. The first-order valence-corrected chi connectivity index (χ1v) is 14.8. The molecule has 1 unspecified atom stereocenters. The number of amides is 2. The van der Waals surface area contributed by atoms with Gasteiger partial charge in [-0.1, -0.05) is 58.7 Å². The van der Waals surface area contributed by atoms with Crippen molar-refractivity contribution in [3.63, 3.8) is 0 Å². The molecule has 0 spiro atoms. The summed E-state index contributed by atoms with van der Waals surface area (Å²) in [7, 11) is 0. The highest BCUT2D eigenvalue weighted by Crippen LogP contribution is 2.30. The summed E-state index contributed by atoms with van der Waals surface area (Å²) < 4.78 is 2.84. The minimum Gasteiger partial charge on any atom is -0.374 e. The highest BCUT2D eigenvalue weighted by molar-refractivity contribution is 6.31. The predicted molar refractivity (Wildman–Crippen MR) is 160 cm³/mol. The monoisotopic (exact) mass is 621 g/mol. The molecule has 2 aliphatic rings. The van der Waals surface area contributed by atoms with Crippen LogP contribution in [0.1, 0.15) is 37.3 Å². The van der Waals surface area contributed by atoms with Gasteiger partial charge in [-0.05, 0) is 36.6 Å². The minimum atomic E-state index is -0.833. The van der Waals surface area contributed by atoms with Crippen LogP contribution in [0.2, 0.25) is 10.2 Å². The van der Waals surface area contributed by atoms with Gasteiger partial charge in [0, 0.05) is 55.0 Å². The van der Waals surface area contributed by atoms with Gasteiger partial charge in [0.1, 0.15) is 12.3 Å². The number of piperidine rings is 1. The normalized spacial score (nSPS) is 18.3. The molecular formula is C30H29Cl2N7O4. The second kappa shape index (κ2) is 12.3. The van der Waals surface area contributed by atoms with E-state index in [1.807, 2.05) is 30.3 Å². The molecule has 1 N–H and O–H groups in total. The van der Waals surface area contributed by atoms with E-state index in [1.165, 1.54) is 27.8 Å². The van der Waals surface area contributed by atoms with Crippen molar-refractivity contribution in [3.05, 3.63) is 93.2 Å². The minimum absolute atomic E-state index is 0.0493. The zero-order chi connectivity index (χ0) is 30.1. The number of carbonyl (C=O) groups excluding carboxylic acids is 2. The van der Waals surface area contributed by atoms with E-state index in [0.717, 1.165) is 5.56 Å². The molecule has 2 amide bonds. The number of likely N-dealkylation sites (tertiary alicyclic amines) is 2. The third-order valence-electron chi connectivity index (χ3n) is 8.07. The Morgan fingerprint density at radius 2 is 1.79 bits per heavy atom. The zero-order valence-electron chi connectivity index (χ0n) is 23.1. The molecule has 11 nitrogen and oxygen atoms in total. The van der Waals surface area contributed by atoms with Crippen LogP contribution in [0, 0.1) is 0 Å². The van der Waals surface area contributed by atoms with Gasteiger partial charge in [0.05, 0.1) is 23.9 Å². The van der Waals surface area contributed by atoms with Crippen LogP contribution in [0.5, 0.6) is 0 Å². The van der Waals surface area contributed by atoms with Crippen molar-refractivity contribution in [3.8, 4) is 16.9 Å². The van der Waals surface area contributed by atoms with E-state index in [9.17, 15) is 19.5 Å². The number of aliphatic hydroxyl groups excluding tert-OH is 1. The number of nitrogens with zero attached hydrogens (tertiary/aromatic N) is 7. The van der Waals surface area contributed by atoms with Gasteiger partial charge < -0.3 is 14.9 Å². The van der Waals surface area contributed by atoms with Crippen LogP contribution in [0.4, 0.5) is 0 Å². The summed E-state index contributed by atoms with van der Waals surface area (Å²) in [5.41, 5.74) is 1.98. The van der Waals surface area contributed by atoms with E-state index < -0.39 is 17.8 Å². The second-order valence-electron chi connectivity index (χ2n) is 10.7. The lowest BCUT2D eigenvalue weighted by Crippen LogP contribution is -2.51. The number of rotatable bonds is 7. The average Bonchev–Trinajstić information content (AvgIpc) is 3.60. The number of hydrogen-bond acceptors (Lipinski definition) is 7. The number of carbonyl (C=O) groups is 2. The first-order valence-electron chi connectivity index (χ1n) is 14.1. The van der Waals surface area contributed by atoms with Crippen LogP contribution >= 0.6 is 23.2 Å². The topological polar surface area (TPSA) is 126 Å². The van der Waals surface area contributed by atoms with Crippen LogP contribution in [0.25, 0.3) is 16.9 Å². The Balaban J connectivity index is 1.29. The highest BCUT2D eigenvalue weighted by Gasteiger charge is 2.38. The summed E-state index contributed by atoms with van der Waals surface area (Å²) in [6.07, 6.45) is 4.35. The fourth-order valence-electron chi connectivity index (χ4n) is 5.92. The van der Waals surface area contributed by atoms with Crippen LogP contribution in [-0.4, -0.2) is 76.6 Å². The molecule has 43 heavy (non-hydrogen) atoms. The van der Waals surface area contributed by atoms with Gasteiger partial charge in [0.25, 0.3) is 5.56 Å². The number of benzene rings is 2. The summed E-state index contributed by atoms with van der Waals surface area (Å²) in [5, 5.41) is 18.8. The van der Waals surface area contributed by atoms with E-state index in [-0.39, 0.29) is 23.0 Å². The molecule has 2 aromatic heterocycles. The van der Waals surface area contributed by atoms with E-state index in [1.54, 1.807) is 28.0 Å². The third kappa shape index (κ3) is 6.06. The van der Waals surface area contributed by atoms with Crippen LogP contribution in [-0.2, 0) is 16.0 Å². The largest absolute Gasteiger partial charge is 0.374 e. The van der Waals surface area contributed by atoms with Gasteiger partial charge in [0.2, 0.25) is 11.8 Å². The standard InChI is InChI=1S/C30H29Cl2N7O4/c31-20-6-7-24(38-17-26(32)34-35-38)22(15-20)23-16-29(42)37(18-33-23)25(14-19-4-2-1-3-5-19)30(43)36-12-10-21(11-13-36)39-27(40)8-9-28(39)41/h1-7,15-18,21,25,27,40H,8-14H2/t25-,27?/m0/s1. The molecule has 2 atom stereocenters. The van der Waals surface area contributed by atoms with Gasteiger partial charge >= 0.3 is 0 Å². The van der Waals surface area contributed by atoms with Crippen molar-refractivity contribution < 1.29 is 14.7 Å². The molecule has 4 aromatic rings. The Morgan fingerprint density at radius 3 is 2.44 bits per heavy atom.